The topological polar surface area (TPSA) is 84.7 Å². The largest absolute Gasteiger partial charge is 0.328 e. The molecule has 4 rings (SSSR count). The minimum Gasteiger partial charge on any atom is -0.326 e. The van der Waals surface area contributed by atoms with E-state index in [0.717, 1.165) is 33.2 Å². The molecule has 0 unspecified atom stereocenters. The molecule has 2 N–H and O–H groups in total. The fraction of sp³-hybridized carbons (Fsp3) is 0.167. The maximum Gasteiger partial charge on any atom is 0.328 e. The van der Waals surface area contributed by atoms with E-state index in [0.29, 0.717) is 0 Å². The molecule has 126 valence electrons. The van der Waals surface area contributed by atoms with Gasteiger partial charge in [0.15, 0.2) is 0 Å². The van der Waals surface area contributed by atoms with E-state index in [9.17, 15) is 9.59 Å². The number of benzene rings is 2. The Labute approximate surface area is 142 Å². The fourth-order valence-corrected chi connectivity index (χ4v) is 3.07. The van der Waals surface area contributed by atoms with Gasteiger partial charge in [0.25, 0.3) is 0 Å². The predicted octanol–water partition coefficient (Wildman–Crippen LogP) is 1.93. The van der Waals surface area contributed by atoms with E-state index in [4.69, 9.17) is 0 Å². The molecule has 1 amide bonds. The minimum atomic E-state index is -0.112. The van der Waals surface area contributed by atoms with Crippen LogP contribution in [0.1, 0.15) is 5.56 Å². The Balaban J connectivity index is 1.56. The van der Waals surface area contributed by atoms with Gasteiger partial charge >= 0.3 is 5.69 Å². The van der Waals surface area contributed by atoms with Crippen molar-refractivity contribution in [1.82, 2.24) is 19.3 Å². The molecule has 0 aliphatic rings. The molecule has 2 aromatic carbocycles. The van der Waals surface area contributed by atoms with Gasteiger partial charge in [-0.05, 0) is 35.9 Å². The number of rotatable bonds is 3. The molecular weight excluding hydrogens is 318 g/mol. The van der Waals surface area contributed by atoms with Crippen LogP contribution >= 0.6 is 0 Å². The highest BCUT2D eigenvalue weighted by atomic mass is 16.2. The third kappa shape index (κ3) is 2.59. The van der Waals surface area contributed by atoms with E-state index in [2.05, 4.69) is 15.5 Å². The van der Waals surface area contributed by atoms with Gasteiger partial charge in [0.05, 0.1) is 29.2 Å². The van der Waals surface area contributed by atoms with E-state index in [1.165, 1.54) is 0 Å². The van der Waals surface area contributed by atoms with Crippen molar-refractivity contribution in [2.75, 3.05) is 5.32 Å². The van der Waals surface area contributed by atoms with Crippen molar-refractivity contribution in [2.45, 2.75) is 6.42 Å². The molecule has 0 aliphatic heterocycles. The zero-order valence-corrected chi connectivity index (χ0v) is 13.9. The average molecular weight is 335 g/mol. The molecule has 0 atom stereocenters. The third-order valence-electron chi connectivity index (χ3n) is 4.43. The molecule has 0 saturated heterocycles. The first kappa shape index (κ1) is 15.2. The highest BCUT2D eigenvalue weighted by Gasteiger charge is 2.10. The van der Waals surface area contributed by atoms with Crippen molar-refractivity contribution in [3.05, 3.63) is 58.6 Å². The van der Waals surface area contributed by atoms with Crippen LogP contribution in [0.3, 0.4) is 0 Å². The number of imidazole rings is 1. The second-order valence-electron chi connectivity index (χ2n) is 6.12. The lowest BCUT2D eigenvalue weighted by molar-refractivity contribution is -0.115. The summed E-state index contributed by atoms with van der Waals surface area (Å²) in [6, 6.07) is 11.2. The number of aromatic amines is 1. The molecule has 0 fully saturated rings. The smallest absolute Gasteiger partial charge is 0.326 e. The first-order valence-corrected chi connectivity index (χ1v) is 7.90. The van der Waals surface area contributed by atoms with Crippen LogP contribution in [0.25, 0.3) is 21.9 Å². The maximum atomic E-state index is 12.3. The Morgan fingerprint density at radius 3 is 2.76 bits per heavy atom. The summed E-state index contributed by atoms with van der Waals surface area (Å²) in [5.74, 6) is -0.112. The van der Waals surface area contributed by atoms with Crippen LogP contribution in [0, 0.1) is 0 Å². The molecule has 0 spiro atoms. The van der Waals surface area contributed by atoms with Gasteiger partial charge in [0.2, 0.25) is 5.91 Å². The molecule has 0 saturated carbocycles. The van der Waals surface area contributed by atoms with Crippen molar-refractivity contribution in [3.63, 3.8) is 0 Å². The van der Waals surface area contributed by atoms with Gasteiger partial charge in [0.1, 0.15) is 0 Å². The van der Waals surface area contributed by atoms with Crippen molar-refractivity contribution < 1.29 is 4.79 Å². The molecule has 7 nitrogen and oxygen atoms in total. The number of aromatic nitrogens is 4. The molecule has 0 aliphatic carbocycles. The summed E-state index contributed by atoms with van der Waals surface area (Å²) in [6.45, 7) is 0. The van der Waals surface area contributed by atoms with Crippen molar-refractivity contribution in [2.24, 2.45) is 14.1 Å². The minimum absolute atomic E-state index is 0.0792. The summed E-state index contributed by atoms with van der Waals surface area (Å²) < 4.78 is 3.18. The number of anilines is 1. The van der Waals surface area contributed by atoms with Crippen molar-refractivity contribution >= 4 is 33.5 Å². The average Bonchev–Trinajstić information content (AvgIpc) is 3.14. The Hall–Kier alpha value is -3.35. The summed E-state index contributed by atoms with van der Waals surface area (Å²) in [7, 11) is 3.47. The molecule has 0 bridgehead atoms. The predicted molar refractivity (Wildman–Crippen MR) is 96.6 cm³/mol. The maximum absolute atomic E-state index is 12.3. The summed E-state index contributed by atoms with van der Waals surface area (Å²) in [5.41, 5.74) is 4.03. The standard InChI is InChI=1S/C18H17N5O2/c1-22-15-6-3-11(7-16(15)23(2)18(22)25)8-17(24)20-13-5-4-12-10-19-21-14(12)9-13/h3-7,9-10H,8H2,1-2H3,(H,19,21)(H,20,24). The number of H-pyrrole nitrogens is 1. The molecule has 2 heterocycles. The van der Waals surface area contributed by atoms with Crippen LogP contribution in [0.2, 0.25) is 0 Å². The summed E-state index contributed by atoms with van der Waals surface area (Å²) in [5, 5.41) is 10.7. The highest BCUT2D eigenvalue weighted by molar-refractivity contribution is 5.95. The van der Waals surface area contributed by atoms with Crippen LogP contribution in [0.4, 0.5) is 5.69 Å². The number of carbonyl (C=O) groups excluding carboxylic acids is 1. The summed E-state index contributed by atoms with van der Waals surface area (Å²) >= 11 is 0. The van der Waals surface area contributed by atoms with Gasteiger partial charge in [-0.15, -0.1) is 0 Å². The first-order chi connectivity index (χ1) is 12.0. The third-order valence-corrected chi connectivity index (χ3v) is 4.43. The molecule has 25 heavy (non-hydrogen) atoms. The lowest BCUT2D eigenvalue weighted by atomic mass is 10.1. The summed E-state index contributed by atoms with van der Waals surface area (Å²) in [6.07, 6.45) is 1.97. The van der Waals surface area contributed by atoms with Crippen molar-refractivity contribution in [1.29, 1.82) is 0 Å². The highest BCUT2D eigenvalue weighted by Crippen LogP contribution is 2.18. The van der Waals surface area contributed by atoms with E-state index in [1.807, 2.05) is 36.4 Å². The number of hydrogen-bond acceptors (Lipinski definition) is 3. The normalized spacial score (nSPS) is 11.3. The van der Waals surface area contributed by atoms with Crippen LogP contribution in [0.5, 0.6) is 0 Å². The van der Waals surface area contributed by atoms with E-state index < -0.39 is 0 Å². The fourth-order valence-electron chi connectivity index (χ4n) is 3.07. The quantitative estimate of drug-likeness (QED) is 0.600. The van der Waals surface area contributed by atoms with E-state index >= 15 is 0 Å². The zero-order chi connectivity index (χ0) is 17.6. The Morgan fingerprint density at radius 2 is 1.92 bits per heavy atom. The van der Waals surface area contributed by atoms with Gasteiger partial charge in [-0.3, -0.25) is 19.0 Å². The second kappa shape index (κ2) is 5.62. The first-order valence-electron chi connectivity index (χ1n) is 7.90. The van der Waals surface area contributed by atoms with Crippen LogP contribution in [-0.4, -0.2) is 25.2 Å². The second-order valence-corrected chi connectivity index (χ2v) is 6.12. The number of amides is 1. The number of nitrogens with zero attached hydrogens (tertiary/aromatic N) is 3. The lowest BCUT2D eigenvalue weighted by Crippen LogP contribution is -2.19. The molecule has 0 radical (unpaired) electrons. The van der Waals surface area contributed by atoms with Gasteiger partial charge in [-0.2, -0.15) is 5.10 Å². The Morgan fingerprint density at radius 1 is 1.12 bits per heavy atom. The molecule has 2 aromatic heterocycles. The summed E-state index contributed by atoms with van der Waals surface area (Å²) in [4.78, 5) is 24.3. The Kier molecular flexibility index (Phi) is 3.42. The monoisotopic (exact) mass is 335 g/mol. The molecular formula is C18H17N5O2. The van der Waals surface area contributed by atoms with Gasteiger partial charge < -0.3 is 5.32 Å². The lowest BCUT2D eigenvalue weighted by Gasteiger charge is -2.06. The molecule has 4 aromatic rings. The van der Waals surface area contributed by atoms with Crippen LogP contribution < -0.4 is 11.0 Å². The number of hydrogen-bond donors (Lipinski definition) is 2. The van der Waals surface area contributed by atoms with E-state index in [-0.39, 0.29) is 18.0 Å². The van der Waals surface area contributed by atoms with Gasteiger partial charge in [0, 0.05) is 25.2 Å². The van der Waals surface area contributed by atoms with Crippen LogP contribution in [0.15, 0.2) is 47.4 Å². The van der Waals surface area contributed by atoms with Crippen LogP contribution in [-0.2, 0) is 25.3 Å². The number of carbonyl (C=O) groups is 1. The zero-order valence-electron chi connectivity index (χ0n) is 13.9. The number of aryl methyl sites for hydroxylation is 2. The van der Waals surface area contributed by atoms with Gasteiger partial charge in [-0.1, -0.05) is 6.07 Å². The Bertz CT molecular complexity index is 1170. The van der Waals surface area contributed by atoms with Crippen molar-refractivity contribution in [3.8, 4) is 0 Å². The van der Waals surface area contributed by atoms with E-state index in [1.54, 1.807) is 29.4 Å². The SMILES string of the molecule is Cn1c(=O)n(C)c2cc(CC(=O)Nc3ccc4cn[nH]c4c3)ccc21. The number of fused-ring (bicyclic) bond motifs is 2. The number of nitrogens with one attached hydrogen (secondary N) is 2. The molecule has 7 heteroatoms. The van der Waals surface area contributed by atoms with Gasteiger partial charge in [-0.25, -0.2) is 4.79 Å².